The average molecular weight is 251 g/mol. The number of nitrogens with one attached hydrogen (secondary N) is 1. The molecule has 2 aliphatic carbocycles. The molecule has 0 aromatic rings. The summed E-state index contributed by atoms with van der Waals surface area (Å²) in [6, 6.07) is 0.644. The van der Waals surface area contributed by atoms with Crippen LogP contribution in [0.15, 0.2) is 0 Å². The van der Waals surface area contributed by atoms with Crippen molar-refractivity contribution in [2.24, 2.45) is 29.1 Å². The van der Waals surface area contributed by atoms with E-state index >= 15 is 0 Å². The maximum Gasteiger partial charge on any atom is 0.00104 e. The van der Waals surface area contributed by atoms with Gasteiger partial charge in [-0.1, -0.05) is 34.6 Å². The van der Waals surface area contributed by atoms with Crippen LogP contribution in [0.4, 0.5) is 0 Å². The minimum absolute atomic E-state index is 0.517. The summed E-state index contributed by atoms with van der Waals surface area (Å²) in [4.78, 5) is 0. The summed E-state index contributed by atoms with van der Waals surface area (Å²) in [7, 11) is 0. The highest BCUT2D eigenvalue weighted by Gasteiger charge is 2.42. The lowest BCUT2D eigenvalue weighted by atomic mass is 9.64. The fraction of sp³-hybridized carbons (Fsp3) is 1.00. The second-order valence-corrected chi connectivity index (χ2v) is 8.20. The average Bonchev–Trinajstić information content (AvgIpc) is 3.08. The van der Waals surface area contributed by atoms with Gasteiger partial charge in [0, 0.05) is 6.04 Å². The van der Waals surface area contributed by atoms with E-state index in [4.69, 9.17) is 0 Å². The van der Waals surface area contributed by atoms with Crippen LogP contribution < -0.4 is 5.32 Å². The van der Waals surface area contributed by atoms with Crippen LogP contribution in [-0.2, 0) is 0 Å². The van der Waals surface area contributed by atoms with Gasteiger partial charge < -0.3 is 5.32 Å². The normalized spacial score (nSPS) is 34.0. The third-order valence-electron chi connectivity index (χ3n) is 5.29. The highest BCUT2D eigenvalue weighted by Crippen LogP contribution is 2.51. The first kappa shape index (κ1) is 14.4. The van der Waals surface area contributed by atoms with E-state index in [2.05, 4.69) is 39.9 Å². The monoisotopic (exact) mass is 251 g/mol. The molecular formula is C17H33N. The van der Waals surface area contributed by atoms with Crippen LogP contribution in [0.1, 0.15) is 66.7 Å². The van der Waals surface area contributed by atoms with Crippen LogP contribution in [0.3, 0.4) is 0 Å². The first-order chi connectivity index (χ1) is 8.38. The molecule has 0 amide bonds. The second kappa shape index (κ2) is 5.53. The molecule has 106 valence electrons. The molecule has 1 N–H and O–H groups in total. The molecule has 0 aromatic carbocycles. The van der Waals surface area contributed by atoms with Crippen molar-refractivity contribution in [3.05, 3.63) is 0 Å². The van der Waals surface area contributed by atoms with Crippen LogP contribution >= 0.6 is 0 Å². The summed E-state index contributed by atoms with van der Waals surface area (Å²) in [6.07, 6.45) is 7.44. The highest BCUT2D eigenvalue weighted by atomic mass is 14.9. The molecule has 1 heteroatoms. The van der Waals surface area contributed by atoms with Crippen molar-refractivity contribution < 1.29 is 0 Å². The number of hydrogen-bond acceptors (Lipinski definition) is 1. The SMILES string of the molecule is CC(C)NCC1CCC(C(C)(C)C)CC1C1CC1. The Morgan fingerprint density at radius 2 is 1.72 bits per heavy atom. The summed E-state index contributed by atoms with van der Waals surface area (Å²) in [5.41, 5.74) is 0.517. The van der Waals surface area contributed by atoms with Crippen LogP contribution in [-0.4, -0.2) is 12.6 Å². The van der Waals surface area contributed by atoms with Gasteiger partial charge in [0.1, 0.15) is 0 Å². The van der Waals surface area contributed by atoms with E-state index in [1.807, 2.05) is 0 Å². The van der Waals surface area contributed by atoms with Crippen molar-refractivity contribution in [2.45, 2.75) is 72.8 Å². The van der Waals surface area contributed by atoms with Gasteiger partial charge in [-0.2, -0.15) is 0 Å². The second-order valence-electron chi connectivity index (χ2n) is 8.20. The molecule has 2 rings (SSSR count). The summed E-state index contributed by atoms with van der Waals surface area (Å²) < 4.78 is 0. The Labute approximate surface area is 114 Å². The summed E-state index contributed by atoms with van der Waals surface area (Å²) >= 11 is 0. The van der Waals surface area contributed by atoms with Crippen molar-refractivity contribution in [3.63, 3.8) is 0 Å². The molecule has 18 heavy (non-hydrogen) atoms. The fourth-order valence-electron chi connectivity index (χ4n) is 3.80. The smallest absolute Gasteiger partial charge is 0.00104 e. The van der Waals surface area contributed by atoms with Crippen molar-refractivity contribution in [3.8, 4) is 0 Å². The summed E-state index contributed by atoms with van der Waals surface area (Å²) in [5, 5.41) is 3.68. The standard InChI is InChI=1S/C17H33N/c1-12(2)18-11-14-8-9-15(17(3,4)5)10-16(14)13-6-7-13/h12-16,18H,6-11H2,1-5H3. The quantitative estimate of drug-likeness (QED) is 0.777. The molecule has 3 unspecified atom stereocenters. The Kier molecular flexibility index (Phi) is 4.41. The van der Waals surface area contributed by atoms with Crippen LogP contribution in [0.25, 0.3) is 0 Å². The maximum atomic E-state index is 3.68. The first-order valence-corrected chi connectivity index (χ1v) is 8.11. The lowest BCUT2D eigenvalue weighted by Gasteiger charge is -2.42. The van der Waals surface area contributed by atoms with Crippen molar-refractivity contribution in [2.75, 3.05) is 6.54 Å². The van der Waals surface area contributed by atoms with Crippen molar-refractivity contribution in [1.29, 1.82) is 0 Å². The summed E-state index contributed by atoms with van der Waals surface area (Å²) in [6.45, 7) is 13.1. The Morgan fingerprint density at radius 1 is 1.06 bits per heavy atom. The predicted octanol–water partition coefficient (Wildman–Crippen LogP) is 4.47. The maximum absolute atomic E-state index is 3.68. The molecule has 1 nitrogen and oxygen atoms in total. The van der Waals surface area contributed by atoms with Gasteiger partial charge in [0.2, 0.25) is 0 Å². The van der Waals surface area contributed by atoms with Gasteiger partial charge >= 0.3 is 0 Å². The van der Waals surface area contributed by atoms with Crippen molar-refractivity contribution in [1.82, 2.24) is 5.32 Å². The molecule has 0 aromatic heterocycles. The minimum Gasteiger partial charge on any atom is -0.314 e. The Balaban J connectivity index is 1.92. The first-order valence-electron chi connectivity index (χ1n) is 8.11. The molecule has 0 saturated heterocycles. The summed E-state index contributed by atoms with van der Waals surface area (Å²) in [5.74, 6) is 4.01. The molecule has 2 aliphatic rings. The third-order valence-corrected chi connectivity index (χ3v) is 5.29. The predicted molar refractivity (Wildman–Crippen MR) is 79.6 cm³/mol. The van der Waals surface area contributed by atoms with E-state index in [-0.39, 0.29) is 0 Å². The van der Waals surface area contributed by atoms with E-state index < -0.39 is 0 Å². The van der Waals surface area contributed by atoms with E-state index in [9.17, 15) is 0 Å². The van der Waals surface area contributed by atoms with Gasteiger partial charge in [0.25, 0.3) is 0 Å². The van der Waals surface area contributed by atoms with Gasteiger partial charge in [0.05, 0.1) is 0 Å². The lowest BCUT2D eigenvalue weighted by Crippen LogP contribution is -2.39. The fourth-order valence-corrected chi connectivity index (χ4v) is 3.80. The Morgan fingerprint density at radius 3 is 2.22 bits per heavy atom. The molecule has 0 heterocycles. The lowest BCUT2D eigenvalue weighted by molar-refractivity contribution is 0.0849. The third kappa shape index (κ3) is 3.73. The van der Waals surface area contributed by atoms with Crippen molar-refractivity contribution >= 4 is 0 Å². The highest BCUT2D eigenvalue weighted by molar-refractivity contribution is 4.93. The molecule has 0 radical (unpaired) electrons. The molecule has 0 bridgehead atoms. The largest absolute Gasteiger partial charge is 0.314 e. The Bertz CT molecular complexity index is 259. The van der Waals surface area contributed by atoms with Crippen LogP contribution in [0.5, 0.6) is 0 Å². The zero-order valence-electron chi connectivity index (χ0n) is 13.1. The van der Waals surface area contributed by atoms with Gasteiger partial charge in [-0.3, -0.25) is 0 Å². The molecule has 0 aliphatic heterocycles. The van der Waals surface area contributed by atoms with Gasteiger partial charge in [-0.25, -0.2) is 0 Å². The zero-order chi connectivity index (χ0) is 13.3. The molecule has 3 atom stereocenters. The molecule has 0 spiro atoms. The van der Waals surface area contributed by atoms with E-state index in [0.29, 0.717) is 11.5 Å². The molecule has 2 fully saturated rings. The number of hydrogen-bond donors (Lipinski definition) is 1. The number of rotatable bonds is 4. The van der Waals surface area contributed by atoms with E-state index in [0.717, 1.165) is 23.7 Å². The van der Waals surface area contributed by atoms with Gasteiger partial charge in [-0.05, 0) is 67.7 Å². The van der Waals surface area contributed by atoms with Crippen LogP contribution in [0, 0.1) is 29.1 Å². The zero-order valence-corrected chi connectivity index (χ0v) is 13.1. The van der Waals surface area contributed by atoms with E-state index in [1.54, 1.807) is 0 Å². The van der Waals surface area contributed by atoms with E-state index in [1.165, 1.54) is 38.6 Å². The Hall–Kier alpha value is -0.0400. The topological polar surface area (TPSA) is 12.0 Å². The molecule has 2 saturated carbocycles. The molecular weight excluding hydrogens is 218 g/mol. The van der Waals surface area contributed by atoms with Crippen LogP contribution in [0.2, 0.25) is 0 Å². The van der Waals surface area contributed by atoms with Gasteiger partial charge in [-0.15, -0.1) is 0 Å². The minimum atomic E-state index is 0.517. The van der Waals surface area contributed by atoms with Gasteiger partial charge in [0.15, 0.2) is 0 Å².